The highest BCUT2D eigenvalue weighted by molar-refractivity contribution is 8.00. The van der Waals surface area contributed by atoms with Gasteiger partial charge in [-0.1, -0.05) is 128 Å². The molecule has 3 aliphatic heterocycles. The second-order valence-corrected chi connectivity index (χ2v) is 18.5. The summed E-state index contributed by atoms with van der Waals surface area (Å²) in [6.07, 6.45) is 3.51. The number of unbranched alkanes of at least 4 members (excludes halogenated alkanes) is 1. The van der Waals surface area contributed by atoms with E-state index in [1.807, 2.05) is 11.8 Å². The van der Waals surface area contributed by atoms with Crippen molar-refractivity contribution in [3.63, 3.8) is 0 Å². The number of amides is 3. The molecular formula is C38H41N3O2P2S. The first-order valence-corrected chi connectivity index (χ1v) is 20.3. The highest BCUT2D eigenvalue weighted by Crippen LogP contribution is 2.54. The smallest absolute Gasteiger partial charge is 0.315 e. The first-order chi connectivity index (χ1) is 22.7. The predicted molar refractivity (Wildman–Crippen MR) is 196 cm³/mol. The summed E-state index contributed by atoms with van der Waals surface area (Å²) in [4.78, 5) is 28.0. The lowest BCUT2D eigenvalue weighted by Crippen LogP contribution is -2.36. The van der Waals surface area contributed by atoms with Crippen molar-refractivity contribution in [2.75, 3.05) is 18.8 Å². The predicted octanol–water partition coefficient (Wildman–Crippen LogP) is 5.56. The average Bonchev–Trinajstić information content (AvgIpc) is 3.80. The lowest BCUT2D eigenvalue weighted by molar-refractivity contribution is -0.130. The van der Waals surface area contributed by atoms with Crippen molar-refractivity contribution in [3.8, 4) is 0 Å². The lowest BCUT2D eigenvalue weighted by atomic mass is 10.0. The Hall–Kier alpha value is -3.17. The summed E-state index contributed by atoms with van der Waals surface area (Å²) in [5, 5.41) is 12.1. The molecule has 5 nitrogen and oxygen atoms in total. The minimum absolute atomic E-state index is 0.0365. The van der Waals surface area contributed by atoms with Crippen LogP contribution in [0.15, 0.2) is 121 Å². The van der Waals surface area contributed by atoms with E-state index in [9.17, 15) is 9.59 Å². The van der Waals surface area contributed by atoms with E-state index >= 15 is 0 Å². The third-order valence-electron chi connectivity index (χ3n) is 9.48. The molecule has 0 unspecified atom stereocenters. The van der Waals surface area contributed by atoms with Crippen LogP contribution in [0.1, 0.15) is 25.7 Å². The van der Waals surface area contributed by atoms with Crippen LogP contribution in [0.5, 0.6) is 0 Å². The monoisotopic (exact) mass is 665 g/mol. The maximum atomic E-state index is 14.0. The normalized spacial score (nSPS) is 23.8. The average molecular weight is 666 g/mol. The molecule has 3 fully saturated rings. The molecule has 0 aliphatic carbocycles. The van der Waals surface area contributed by atoms with Crippen molar-refractivity contribution < 1.29 is 9.59 Å². The van der Waals surface area contributed by atoms with E-state index in [2.05, 4.69) is 137 Å². The fraction of sp³-hybridized carbons (Fsp3) is 0.316. The van der Waals surface area contributed by atoms with Gasteiger partial charge < -0.3 is 15.5 Å². The van der Waals surface area contributed by atoms with Gasteiger partial charge in [0, 0.05) is 41.8 Å². The van der Waals surface area contributed by atoms with Crippen LogP contribution in [0.2, 0.25) is 0 Å². The molecule has 3 amide bonds. The minimum atomic E-state index is -0.708. The maximum absolute atomic E-state index is 14.0. The SMILES string of the molecule is O=C1N[C@H]2[C@H](CS[C@H]2CCCCC(=O)N2C[C@@H](P(c3ccccc3)c3ccccc3)[C@H](P(c3ccccc3)c3ccccc3)C2)N1. The molecule has 3 saturated heterocycles. The molecule has 7 rings (SSSR count). The number of rotatable bonds is 11. The standard InChI is InChI=1S/C38H41N3O2P2S/c42-36(24-14-13-23-35-37-32(27-46-35)39-38(43)40-37)41-25-33(44(28-15-5-1-6-16-28)29-17-7-2-8-18-29)34(26-41)45(30-19-9-3-10-20-30)31-21-11-4-12-22-31/h1-12,15-22,32-35,37H,13-14,23-27H2,(H2,39,40,43)/t32-,33+,34+,35-,37-/m0/s1. The largest absolute Gasteiger partial charge is 0.341 e. The number of nitrogens with one attached hydrogen (secondary N) is 2. The molecule has 3 heterocycles. The quantitative estimate of drug-likeness (QED) is 0.125. The number of carbonyl (C=O) groups excluding carboxylic acids is 2. The Balaban J connectivity index is 1.15. The molecule has 0 radical (unpaired) electrons. The topological polar surface area (TPSA) is 61.4 Å². The van der Waals surface area contributed by atoms with Gasteiger partial charge in [0.25, 0.3) is 0 Å². The summed E-state index contributed by atoms with van der Waals surface area (Å²) in [5.41, 5.74) is 0.668. The number of nitrogens with zero attached hydrogens (tertiary/aromatic N) is 1. The molecule has 0 saturated carbocycles. The first kappa shape index (κ1) is 31.4. The number of carbonyl (C=O) groups is 2. The van der Waals surface area contributed by atoms with E-state index in [0.29, 0.717) is 23.0 Å². The molecular weight excluding hydrogens is 624 g/mol. The highest BCUT2D eigenvalue weighted by Gasteiger charge is 2.45. The molecule has 5 atom stereocenters. The summed E-state index contributed by atoms with van der Waals surface area (Å²) in [5.74, 6) is 1.26. The van der Waals surface area contributed by atoms with Gasteiger partial charge in [-0.2, -0.15) is 11.8 Å². The van der Waals surface area contributed by atoms with Crippen molar-refractivity contribution in [3.05, 3.63) is 121 Å². The van der Waals surface area contributed by atoms with Crippen molar-refractivity contribution >= 4 is 60.8 Å². The number of likely N-dealkylation sites (tertiary alicyclic amines) is 1. The molecule has 0 spiro atoms. The second kappa shape index (κ2) is 14.7. The number of urea groups is 1. The van der Waals surface area contributed by atoms with Crippen LogP contribution in [-0.2, 0) is 4.79 Å². The molecule has 4 aromatic carbocycles. The molecule has 2 N–H and O–H groups in total. The molecule has 46 heavy (non-hydrogen) atoms. The van der Waals surface area contributed by atoms with Gasteiger partial charge in [0.05, 0.1) is 12.1 Å². The van der Waals surface area contributed by atoms with Gasteiger partial charge in [-0.15, -0.1) is 0 Å². The molecule has 0 aromatic heterocycles. The van der Waals surface area contributed by atoms with Crippen molar-refractivity contribution in [1.29, 1.82) is 0 Å². The van der Waals surface area contributed by atoms with E-state index in [-0.39, 0.29) is 24.0 Å². The van der Waals surface area contributed by atoms with Crippen LogP contribution in [0.3, 0.4) is 0 Å². The first-order valence-electron chi connectivity index (χ1n) is 16.4. The van der Waals surface area contributed by atoms with E-state index in [1.54, 1.807) is 0 Å². The molecule has 236 valence electrons. The highest BCUT2D eigenvalue weighted by atomic mass is 32.2. The van der Waals surface area contributed by atoms with Crippen molar-refractivity contribution in [2.45, 2.75) is 54.3 Å². The van der Waals surface area contributed by atoms with Gasteiger partial charge in [-0.05, 0) is 49.9 Å². The van der Waals surface area contributed by atoms with Gasteiger partial charge in [0.1, 0.15) is 0 Å². The zero-order valence-electron chi connectivity index (χ0n) is 25.9. The van der Waals surface area contributed by atoms with E-state index in [1.165, 1.54) is 21.2 Å². The minimum Gasteiger partial charge on any atom is -0.341 e. The Labute approximate surface area is 279 Å². The zero-order valence-corrected chi connectivity index (χ0v) is 28.6. The Morgan fingerprint density at radius 3 is 1.59 bits per heavy atom. The van der Waals surface area contributed by atoms with Crippen LogP contribution >= 0.6 is 27.6 Å². The number of hydrogen-bond donors (Lipinski definition) is 2. The summed E-state index contributed by atoms with van der Waals surface area (Å²) in [7, 11) is -1.42. The van der Waals surface area contributed by atoms with Crippen molar-refractivity contribution in [1.82, 2.24) is 15.5 Å². The summed E-state index contributed by atoms with van der Waals surface area (Å²) in [6, 6.07) is 44.5. The van der Waals surface area contributed by atoms with Gasteiger partial charge >= 0.3 is 6.03 Å². The Morgan fingerprint density at radius 2 is 1.13 bits per heavy atom. The second-order valence-electron chi connectivity index (χ2n) is 12.4. The van der Waals surface area contributed by atoms with Crippen LogP contribution < -0.4 is 31.9 Å². The third kappa shape index (κ3) is 6.91. The Morgan fingerprint density at radius 1 is 0.674 bits per heavy atom. The molecule has 0 bridgehead atoms. The number of thioether (sulfide) groups is 1. The van der Waals surface area contributed by atoms with Crippen LogP contribution in [0, 0.1) is 0 Å². The number of hydrogen-bond acceptors (Lipinski definition) is 3. The Kier molecular flexibility index (Phi) is 10.1. The summed E-state index contributed by atoms with van der Waals surface area (Å²) < 4.78 is 0. The van der Waals surface area contributed by atoms with E-state index < -0.39 is 15.8 Å². The summed E-state index contributed by atoms with van der Waals surface area (Å²) in [6.45, 7) is 1.58. The Bertz CT molecular complexity index is 1430. The van der Waals surface area contributed by atoms with Crippen molar-refractivity contribution in [2.24, 2.45) is 0 Å². The van der Waals surface area contributed by atoms with Gasteiger partial charge in [-0.25, -0.2) is 4.79 Å². The van der Waals surface area contributed by atoms with Gasteiger partial charge in [0.15, 0.2) is 0 Å². The zero-order chi connectivity index (χ0) is 31.3. The fourth-order valence-corrected chi connectivity index (χ4v) is 15.4. The lowest BCUT2D eigenvalue weighted by Gasteiger charge is -2.34. The van der Waals surface area contributed by atoms with E-state index in [4.69, 9.17) is 0 Å². The molecule has 4 aromatic rings. The number of benzene rings is 4. The van der Waals surface area contributed by atoms with Crippen LogP contribution in [-0.4, -0.2) is 64.3 Å². The number of fused-ring (bicyclic) bond motifs is 1. The molecule has 3 aliphatic rings. The maximum Gasteiger partial charge on any atom is 0.315 e. The van der Waals surface area contributed by atoms with Gasteiger partial charge in [0.2, 0.25) is 5.91 Å². The fourth-order valence-electron chi connectivity index (χ4n) is 7.32. The third-order valence-corrected chi connectivity index (χ3v) is 17.0. The summed E-state index contributed by atoms with van der Waals surface area (Å²) >= 11 is 1.95. The van der Waals surface area contributed by atoms with Crippen LogP contribution in [0.4, 0.5) is 4.79 Å². The van der Waals surface area contributed by atoms with Crippen LogP contribution in [0.25, 0.3) is 0 Å². The van der Waals surface area contributed by atoms with Gasteiger partial charge in [-0.3, -0.25) is 4.79 Å². The molecule has 8 heteroatoms. The van der Waals surface area contributed by atoms with E-state index in [0.717, 1.165) is 38.1 Å².